The van der Waals surface area contributed by atoms with Crippen LogP contribution in [0.5, 0.6) is 0 Å². The first-order valence-electron chi connectivity index (χ1n) is 7.21. The molecule has 100 valence electrons. The summed E-state index contributed by atoms with van der Waals surface area (Å²) in [5, 5.41) is 3.59. The van der Waals surface area contributed by atoms with Crippen LogP contribution in [-0.4, -0.2) is 19.3 Å². The fourth-order valence-corrected chi connectivity index (χ4v) is 2.74. The largest absolute Gasteiger partial charge is 0.378 e. The van der Waals surface area contributed by atoms with Crippen molar-refractivity contribution in [2.75, 3.05) is 13.2 Å². The summed E-state index contributed by atoms with van der Waals surface area (Å²) in [6.07, 6.45) is 5.32. The normalized spacial score (nSPS) is 21.1. The summed E-state index contributed by atoms with van der Waals surface area (Å²) in [7, 11) is 0. The Morgan fingerprint density at radius 1 is 1.44 bits per heavy atom. The number of rotatable bonds is 6. The van der Waals surface area contributed by atoms with E-state index in [-0.39, 0.29) is 0 Å². The quantitative estimate of drug-likeness (QED) is 0.829. The van der Waals surface area contributed by atoms with Crippen LogP contribution in [0.15, 0.2) is 24.3 Å². The van der Waals surface area contributed by atoms with Gasteiger partial charge >= 0.3 is 0 Å². The number of hydrogen-bond donors (Lipinski definition) is 1. The Morgan fingerprint density at radius 3 is 3.00 bits per heavy atom. The van der Waals surface area contributed by atoms with Crippen LogP contribution in [-0.2, 0) is 4.74 Å². The predicted molar refractivity (Wildman–Crippen MR) is 75.8 cm³/mol. The van der Waals surface area contributed by atoms with Crippen LogP contribution in [0.2, 0.25) is 0 Å². The van der Waals surface area contributed by atoms with Gasteiger partial charge in [-0.25, -0.2) is 0 Å². The summed E-state index contributed by atoms with van der Waals surface area (Å²) in [4.78, 5) is 0. The molecule has 0 aliphatic carbocycles. The van der Waals surface area contributed by atoms with Crippen molar-refractivity contribution in [2.24, 2.45) is 0 Å². The highest BCUT2D eigenvalue weighted by Gasteiger charge is 2.18. The van der Waals surface area contributed by atoms with E-state index in [0.717, 1.165) is 13.2 Å². The molecule has 0 saturated carbocycles. The van der Waals surface area contributed by atoms with Gasteiger partial charge in [0.2, 0.25) is 0 Å². The van der Waals surface area contributed by atoms with Gasteiger partial charge < -0.3 is 10.1 Å². The van der Waals surface area contributed by atoms with Crippen LogP contribution in [0.3, 0.4) is 0 Å². The van der Waals surface area contributed by atoms with E-state index >= 15 is 0 Å². The van der Waals surface area contributed by atoms with Gasteiger partial charge in [-0.05, 0) is 44.7 Å². The van der Waals surface area contributed by atoms with Crippen molar-refractivity contribution < 1.29 is 4.74 Å². The second-order valence-corrected chi connectivity index (χ2v) is 5.24. The first-order chi connectivity index (χ1) is 8.79. The van der Waals surface area contributed by atoms with Gasteiger partial charge in [0, 0.05) is 12.6 Å². The summed E-state index contributed by atoms with van der Waals surface area (Å²) >= 11 is 0. The van der Waals surface area contributed by atoms with E-state index in [9.17, 15) is 0 Å². The number of hydrogen-bond acceptors (Lipinski definition) is 2. The van der Waals surface area contributed by atoms with Crippen LogP contribution in [0.25, 0.3) is 0 Å². The third-order valence-electron chi connectivity index (χ3n) is 3.70. The van der Waals surface area contributed by atoms with E-state index in [1.165, 1.54) is 36.8 Å². The molecule has 2 nitrogen and oxygen atoms in total. The first kappa shape index (κ1) is 13.6. The molecule has 2 unspecified atom stereocenters. The molecule has 0 bridgehead atoms. The van der Waals surface area contributed by atoms with Gasteiger partial charge in [0.25, 0.3) is 0 Å². The van der Waals surface area contributed by atoms with Gasteiger partial charge in [0.1, 0.15) is 0 Å². The molecular formula is C16H25NO. The lowest BCUT2D eigenvalue weighted by Crippen LogP contribution is -2.22. The third kappa shape index (κ3) is 3.82. The molecule has 1 heterocycles. The maximum absolute atomic E-state index is 5.71. The number of aryl methyl sites for hydroxylation is 1. The zero-order valence-corrected chi connectivity index (χ0v) is 11.6. The standard InChI is InChI=1S/C16H25NO/c1-3-17-16(10-9-15-8-5-11-18-15)14-7-4-6-13(2)12-14/h4,6-7,12,15-17H,3,5,8-11H2,1-2H3. The molecule has 0 amide bonds. The Bertz CT molecular complexity index is 358. The topological polar surface area (TPSA) is 21.3 Å². The molecule has 0 spiro atoms. The van der Waals surface area contributed by atoms with E-state index < -0.39 is 0 Å². The van der Waals surface area contributed by atoms with Gasteiger partial charge in [-0.3, -0.25) is 0 Å². The van der Waals surface area contributed by atoms with E-state index in [0.29, 0.717) is 12.1 Å². The van der Waals surface area contributed by atoms with E-state index in [2.05, 4.69) is 43.4 Å². The Morgan fingerprint density at radius 2 is 2.33 bits per heavy atom. The summed E-state index contributed by atoms with van der Waals surface area (Å²) in [5.74, 6) is 0. The summed E-state index contributed by atoms with van der Waals surface area (Å²) in [5.41, 5.74) is 2.75. The van der Waals surface area contributed by atoms with Crippen molar-refractivity contribution in [3.63, 3.8) is 0 Å². The van der Waals surface area contributed by atoms with Crippen LogP contribution >= 0.6 is 0 Å². The van der Waals surface area contributed by atoms with Crippen LogP contribution in [0.4, 0.5) is 0 Å². The number of benzene rings is 1. The molecule has 2 atom stereocenters. The fourth-order valence-electron chi connectivity index (χ4n) is 2.74. The molecule has 0 aromatic heterocycles. The Labute approximate surface area is 111 Å². The molecule has 1 N–H and O–H groups in total. The highest BCUT2D eigenvalue weighted by Crippen LogP contribution is 2.24. The lowest BCUT2D eigenvalue weighted by atomic mass is 9.98. The minimum absolute atomic E-state index is 0.471. The van der Waals surface area contributed by atoms with Crippen molar-refractivity contribution in [1.29, 1.82) is 0 Å². The zero-order chi connectivity index (χ0) is 12.8. The second kappa shape index (κ2) is 6.91. The van der Waals surface area contributed by atoms with Gasteiger partial charge in [-0.15, -0.1) is 0 Å². The van der Waals surface area contributed by atoms with Crippen LogP contribution < -0.4 is 5.32 Å². The second-order valence-electron chi connectivity index (χ2n) is 5.24. The molecule has 2 rings (SSSR count). The van der Waals surface area contributed by atoms with Crippen molar-refractivity contribution in [3.05, 3.63) is 35.4 Å². The summed E-state index contributed by atoms with van der Waals surface area (Å²) in [6, 6.07) is 9.31. The molecule has 0 radical (unpaired) electrons. The first-order valence-corrected chi connectivity index (χ1v) is 7.21. The lowest BCUT2D eigenvalue weighted by Gasteiger charge is -2.20. The van der Waals surface area contributed by atoms with Gasteiger partial charge in [0.15, 0.2) is 0 Å². The third-order valence-corrected chi connectivity index (χ3v) is 3.70. The Hall–Kier alpha value is -0.860. The molecule has 1 fully saturated rings. The van der Waals surface area contributed by atoms with Crippen LogP contribution in [0.1, 0.15) is 49.8 Å². The molecular weight excluding hydrogens is 222 g/mol. The zero-order valence-electron chi connectivity index (χ0n) is 11.6. The van der Waals surface area contributed by atoms with Gasteiger partial charge in [0.05, 0.1) is 6.10 Å². The molecule has 1 saturated heterocycles. The molecule has 1 aliphatic heterocycles. The highest BCUT2D eigenvalue weighted by atomic mass is 16.5. The van der Waals surface area contributed by atoms with Crippen molar-refractivity contribution in [2.45, 2.75) is 51.7 Å². The maximum atomic E-state index is 5.71. The van der Waals surface area contributed by atoms with Crippen molar-refractivity contribution >= 4 is 0 Å². The average Bonchev–Trinajstić information content (AvgIpc) is 2.87. The van der Waals surface area contributed by atoms with Crippen molar-refractivity contribution in [3.8, 4) is 0 Å². The van der Waals surface area contributed by atoms with Crippen LogP contribution in [0, 0.1) is 6.92 Å². The fraction of sp³-hybridized carbons (Fsp3) is 0.625. The minimum Gasteiger partial charge on any atom is -0.378 e. The SMILES string of the molecule is CCNC(CCC1CCCO1)c1cccc(C)c1. The molecule has 1 aromatic carbocycles. The monoisotopic (exact) mass is 247 g/mol. The van der Waals surface area contributed by atoms with E-state index in [4.69, 9.17) is 4.74 Å². The highest BCUT2D eigenvalue weighted by molar-refractivity contribution is 5.25. The molecule has 18 heavy (non-hydrogen) atoms. The Kier molecular flexibility index (Phi) is 5.21. The van der Waals surface area contributed by atoms with Gasteiger partial charge in [-0.1, -0.05) is 36.8 Å². The summed E-state index contributed by atoms with van der Waals surface area (Å²) in [6.45, 7) is 6.31. The minimum atomic E-state index is 0.471. The predicted octanol–water partition coefficient (Wildman–Crippen LogP) is 3.60. The molecule has 1 aromatic rings. The molecule has 1 aliphatic rings. The Balaban J connectivity index is 1.94. The number of ether oxygens (including phenoxy) is 1. The van der Waals surface area contributed by atoms with E-state index in [1.807, 2.05) is 0 Å². The average molecular weight is 247 g/mol. The summed E-state index contributed by atoms with van der Waals surface area (Å²) < 4.78 is 5.71. The maximum Gasteiger partial charge on any atom is 0.0576 e. The van der Waals surface area contributed by atoms with Gasteiger partial charge in [-0.2, -0.15) is 0 Å². The number of nitrogens with one attached hydrogen (secondary N) is 1. The lowest BCUT2D eigenvalue weighted by molar-refractivity contribution is 0.0996. The molecule has 2 heteroatoms. The van der Waals surface area contributed by atoms with Crippen molar-refractivity contribution in [1.82, 2.24) is 5.32 Å². The van der Waals surface area contributed by atoms with E-state index in [1.54, 1.807) is 0 Å². The smallest absolute Gasteiger partial charge is 0.0576 e.